The number of rotatable bonds is 5. The van der Waals surface area contributed by atoms with Gasteiger partial charge in [-0.3, -0.25) is 9.69 Å². The molecule has 0 fully saturated rings. The van der Waals surface area contributed by atoms with Crippen LogP contribution in [0, 0.1) is 13.8 Å². The van der Waals surface area contributed by atoms with Crippen LogP contribution >= 0.6 is 11.3 Å². The molecule has 1 aliphatic heterocycles. The quantitative estimate of drug-likeness (QED) is 0.584. The lowest BCUT2D eigenvalue weighted by atomic mass is 9.99. The molecule has 0 saturated carbocycles. The molecule has 3 aromatic rings. The summed E-state index contributed by atoms with van der Waals surface area (Å²) in [6.45, 7) is 5.04. The lowest BCUT2D eigenvalue weighted by molar-refractivity contribution is 0.101. The number of fused-ring (bicyclic) bond motifs is 1. The molecule has 1 N–H and O–H groups in total. The first-order valence-electron chi connectivity index (χ1n) is 9.50. The molecule has 0 aliphatic carbocycles. The maximum Gasteiger partial charge on any atom is 0.232 e. The summed E-state index contributed by atoms with van der Waals surface area (Å²) in [4.78, 5) is 16.1. The standard InChI is InChI=1S/C24H23NO3S/c1-15-9-10-29-21(15)12-20-23(27)22-16(2)11-19(26)18(24(22)28-20)14-25(3)13-17-7-5-4-6-8-17/h4-12,26H,13-14H2,1-3H3/b20-12-. The van der Waals surface area contributed by atoms with Crippen molar-refractivity contribution in [2.45, 2.75) is 26.9 Å². The second-order valence-corrected chi connectivity index (χ2v) is 8.41. The van der Waals surface area contributed by atoms with Gasteiger partial charge in [0.05, 0.1) is 11.1 Å². The molecule has 1 aromatic heterocycles. The number of hydrogen-bond donors (Lipinski definition) is 1. The van der Waals surface area contributed by atoms with Crippen molar-refractivity contribution in [3.63, 3.8) is 0 Å². The number of benzene rings is 2. The van der Waals surface area contributed by atoms with Gasteiger partial charge in [-0.2, -0.15) is 0 Å². The topological polar surface area (TPSA) is 49.8 Å². The van der Waals surface area contributed by atoms with Gasteiger partial charge < -0.3 is 9.84 Å². The van der Waals surface area contributed by atoms with Crippen LogP contribution in [0.5, 0.6) is 11.5 Å². The van der Waals surface area contributed by atoms with E-state index in [-0.39, 0.29) is 11.5 Å². The zero-order valence-electron chi connectivity index (χ0n) is 16.7. The number of hydrogen-bond acceptors (Lipinski definition) is 5. The summed E-state index contributed by atoms with van der Waals surface area (Å²) in [5, 5.41) is 12.6. The van der Waals surface area contributed by atoms with E-state index >= 15 is 0 Å². The number of phenolic OH excluding ortho intramolecular Hbond substituents is 1. The Bertz CT molecular complexity index is 1100. The second-order valence-electron chi connectivity index (χ2n) is 7.46. The maximum atomic E-state index is 13.0. The molecule has 4 rings (SSSR count). The van der Waals surface area contributed by atoms with Crippen LogP contribution in [0.1, 0.15) is 37.5 Å². The summed E-state index contributed by atoms with van der Waals surface area (Å²) in [5.41, 5.74) is 4.21. The molecule has 0 unspecified atom stereocenters. The Balaban J connectivity index is 1.66. The van der Waals surface area contributed by atoms with Crippen molar-refractivity contribution in [3.05, 3.63) is 86.3 Å². The van der Waals surface area contributed by atoms with Crippen molar-refractivity contribution in [2.24, 2.45) is 0 Å². The number of phenols is 1. The molecule has 0 bridgehead atoms. The summed E-state index contributed by atoms with van der Waals surface area (Å²) >= 11 is 1.57. The maximum absolute atomic E-state index is 13.0. The highest BCUT2D eigenvalue weighted by Gasteiger charge is 2.33. The summed E-state index contributed by atoms with van der Waals surface area (Å²) in [6, 6.07) is 13.8. The molecule has 2 aromatic carbocycles. The molecular weight excluding hydrogens is 382 g/mol. The van der Waals surface area contributed by atoms with Crippen molar-refractivity contribution in [2.75, 3.05) is 7.05 Å². The Kier molecular flexibility index (Phi) is 5.26. The molecule has 29 heavy (non-hydrogen) atoms. The van der Waals surface area contributed by atoms with E-state index in [1.165, 1.54) is 5.56 Å². The van der Waals surface area contributed by atoms with Crippen LogP contribution in [0.15, 0.2) is 53.6 Å². The van der Waals surface area contributed by atoms with E-state index in [4.69, 9.17) is 4.74 Å². The fourth-order valence-corrected chi connectivity index (χ4v) is 4.45. The Morgan fingerprint density at radius 2 is 1.86 bits per heavy atom. The average molecular weight is 406 g/mol. The van der Waals surface area contributed by atoms with Crippen molar-refractivity contribution >= 4 is 23.2 Å². The van der Waals surface area contributed by atoms with Crippen LogP contribution in [-0.4, -0.2) is 22.8 Å². The zero-order valence-corrected chi connectivity index (χ0v) is 17.5. The Hall–Kier alpha value is -2.89. The number of ketones is 1. The summed E-state index contributed by atoms with van der Waals surface area (Å²) in [6.07, 6.45) is 1.80. The first-order valence-corrected chi connectivity index (χ1v) is 10.4. The van der Waals surface area contributed by atoms with Crippen LogP contribution in [0.4, 0.5) is 0 Å². The Morgan fingerprint density at radius 1 is 1.10 bits per heavy atom. The molecule has 148 valence electrons. The summed E-state index contributed by atoms with van der Waals surface area (Å²) < 4.78 is 6.02. The number of aryl methyl sites for hydroxylation is 2. The second kappa shape index (κ2) is 7.85. The Labute approximate surface area is 174 Å². The SMILES string of the molecule is Cc1ccsc1/C=C1\Oc2c(CN(C)Cc3ccccc3)c(O)cc(C)c2C1=O. The normalized spacial score (nSPS) is 14.5. The van der Waals surface area contributed by atoms with Crippen molar-refractivity contribution in [1.29, 1.82) is 0 Å². The van der Waals surface area contributed by atoms with Crippen LogP contribution in [-0.2, 0) is 13.1 Å². The third-order valence-corrected chi connectivity index (χ3v) is 6.07. The summed E-state index contributed by atoms with van der Waals surface area (Å²) in [7, 11) is 1.99. The number of thiophene rings is 1. The van der Waals surface area contributed by atoms with E-state index in [0.29, 0.717) is 29.2 Å². The van der Waals surface area contributed by atoms with Gasteiger partial charge in [0.2, 0.25) is 5.78 Å². The molecule has 1 aliphatic rings. The molecule has 2 heterocycles. The van der Waals surface area contributed by atoms with Gasteiger partial charge >= 0.3 is 0 Å². The molecule has 0 amide bonds. The highest BCUT2D eigenvalue weighted by atomic mass is 32.1. The number of Topliss-reactive ketones (excluding diaryl/α,β-unsaturated/α-hetero) is 1. The van der Waals surface area contributed by atoms with Gasteiger partial charge in [0.25, 0.3) is 0 Å². The van der Waals surface area contributed by atoms with Crippen LogP contribution < -0.4 is 4.74 Å². The first-order chi connectivity index (χ1) is 13.9. The molecular formula is C24H23NO3S. The molecule has 0 saturated heterocycles. The highest BCUT2D eigenvalue weighted by molar-refractivity contribution is 7.11. The van der Waals surface area contributed by atoms with Gasteiger partial charge in [-0.25, -0.2) is 0 Å². The third-order valence-electron chi connectivity index (χ3n) is 5.11. The van der Waals surface area contributed by atoms with Gasteiger partial charge in [-0.1, -0.05) is 30.3 Å². The van der Waals surface area contributed by atoms with Crippen LogP contribution in [0.2, 0.25) is 0 Å². The van der Waals surface area contributed by atoms with Gasteiger partial charge in [-0.15, -0.1) is 11.3 Å². The molecule has 4 nitrogen and oxygen atoms in total. The fourth-order valence-electron chi connectivity index (χ4n) is 3.61. The number of aromatic hydroxyl groups is 1. The minimum atomic E-state index is -0.128. The van der Waals surface area contributed by atoms with E-state index in [2.05, 4.69) is 17.0 Å². The highest BCUT2D eigenvalue weighted by Crippen LogP contribution is 2.42. The average Bonchev–Trinajstić information content (AvgIpc) is 3.23. The van der Waals surface area contributed by atoms with E-state index in [9.17, 15) is 9.90 Å². The minimum Gasteiger partial charge on any atom is -0.507 e. The monoisotopic (exact) mass is 405 g/mol. The summed E-state index contributed by atoms with van der Waals surface area (Å²) in [5.74, 6) is 0.818. The number of allylic oxidation sites excluding steroid dienone is 1. The van der Waals surface area contributed by atoms with Crippen LogP contribution in [0.3, 0.4) is 0 Å². The minimum absolute atomic E-state index is 0.128. The number of ether oxygens (including phenoxy) is 1. The van der Waals surface area contributed by atoms with Crippen molar-refractivity contribution in [1.82, 2.24) is 4.90 Å². The van der Waals surface area contributed by atoms with E-state index in [0.717, 1.165) is 22.5 Å². The van der Waals surface area contributed by atoms with Gasteiger partial charge in [0, 0.05) is 24.0 Å². The third kappa shape index (κ3) is 3.84. The van der Waals surface area contributed by atoms with Crippen molar-refractivity contribution in [3.8, 4) is 11.5 Å². The lowest BCUT2D eigenvalue weighted by Crippen LogP contribution is -2.17. The molecule has 0 radical (unpaired) electrons. The molecule has 0 spiro atoms. The Morgan fingerprint density at radius 3 is 2.55 bits per heavy atom. The lowest BCUT2D eigenvalue weighted by Gasteiger charge is -2.19. The van der Waals surface area contributed by atoms with E-state index < -0.39 is 0 Å². The predicted molar refractivity (Wildman–Crippen MR) is 116 cm³/mol. The molecule has 5 heteroatoms. The number of nitrogens with zero attached hydrogens (tertiary/aromatic N) is 1. The van der Waals surface area contributed by atoms with Crippen LogP contribution in [0.25, 0.3) is 6.08 Å². The first kappa shape index (κ1) is 19.4. The van der Waals surface area contributed by atoms with Crippen molar-refractivity contribution < 1.29 is 14.6 Å². The predicted octanol–water partition coefficient (Wildman–Crippen LogP) is 5.32. The number of carbonyl (C=O) groups is 1. The van der Waals surface area contributed by atoms with Gasteiger partial charge in [0.15, 0.2) is 5.76 Å². The molecule has 0 atom stereocenters. The van der Waals surface area contributed by atoms with E-state index in [1.54, 1.807) is 23.5 Å². The largest absolute Gasteiger partial charge is 0.507 e. The van der Waals surface area contributed by atoms with Gasteiger partial charge in [-0.05, 0) is 55.1 Å². The van der Waals surface area contributed by atoms with E-state index in [1.807, 2.05) is 50.5 Å². The smallest absolute Gasteiger partial charge is 0.232 e. The number of carbonyl (C=O) groups excluding carboxylic acids is 1. The van der Waals surface area contributed by atoms with Gasteiger partial charge in [0.1, 0.15) is 11.5 Å². The zero-order chi connectivity index (χ0) is 20.5. The fraction of sp³-hybridized carbons (Fsp3) is 0.208.